The molecule has 0 bridgehead atoms. The molecule has 0 saturated carbocycles. The van der Waals surface area contributed by atoms with Crippen molar-refractivity contribution in [1.82, 2.24) is 9.88 Å². The van der Waals surface area contributed by atoms with Gasteiger partial charge in [0.2, 0.25) is 0 Å². The van der Waals surface area contributed by atoms with Gasteiger partial charge in [-0.1, -0.05) is 35.3 Å². The number of aromatic nitrogens is 1. The van der Waals surface area contributed by atoms with Crippen molar-refractivity contribution in [2.24, 2.45) is 5.92 Å². The van der Waals surface area contributed by atoms with Crippen molar-refractivity contribution in [3.63, 3.8) is 0 Å². The average molecular weight is 461 g/mol. The summed E-state index contributed by atoms with van der Waals surface area (Å²) >= 11 is 12.2. The molecule has 1 saturated heterocycles. The van der Waals surface area contributed by atoms with E-state index in [1.54, 1.807) is 13.0 Å². The molecule has 1 aromatic carbocycles. The van der Waals surface area contributed by atoms with E-state index < -0.39 is 24.0 Å². The van der Waals surface area contributed by atoms with E-state index in [1.807, 2.05) is 4.90 Å². The Labute approximate surface area is 182 Å². The maximum absolute atomic E-state index is 13.8. The molecule has 2 atom stereocenters. The molecule has 1 aliphatic rings. The minimum absolute atomic E-state index is 0.131. The summed E-state index contributed by atoms with van der Waals surface area (Å²) in [4.78, 5) is 17.2. The van der Waals surface area contributed by atoms with Gasteiger partial charge >= 0.3 is 12.1 Å². The minimum Gasteiger partial charge on any atom is -0.481 e. The van der Waals surface area contributed by atoms with Crippen LogP contribution >= 0.6 is 23.2 Å². The van der Waals surface area contributed by atoms with Crippen LogP contribution in [0.15, 0.2) is 30.5 Å². The van der Waals surface area contributed by atoms with E-state index in [1.165, 1.54) is 24.4 Å². The number of alkyl halides is 3. The lowest BCUT2D eigenvalue weighted by atomic mass is 9.92. The summed E-state index contributed by atoms with van der Waals surface area (Å²) in [6, 6.07) is 5.89. The maximum atomic E-state index is 13.8. The number of carbonyl (C=O) groups is 1. The molecule has 0 radical (unpaired) electrons. The zero-order valence-electron chi connectivity index (χ0n) is 16.2. The number of aryl methyl sites for hydroxylation is 1. The first-order valence-electron chi connectivity index (χ1n) is 9.46. The van der Waals surface area contributed by atoms with Gasteiger partial charge < -0.3 is 5.11 Å². The van der Waals surface area contributed by atoms with Crippen molar-refractivity contribution in [2.75, 3.05) is 13.1 Å². The van der Waals surface area contributed by atoms with Gasteiger partial charge in [-0.25, -0.2) is 0 Å². The van der Waals surface area contributed by atoms with Crippen molar-refractivity contribution in [2.45, 2.75) is 38.4 Å². The normalized spacial score (nSPS) is 18.5. The van der Waals surface area contributed by atoms with Crippen LogP contribution in [0.2, 0.25) is 10.0 Å². The molecule has 1 aromatic heterocycles. The Morgan fingerprint density at radius 3 is 2.63 bits per heavy atom. The first-order chi connectivity index (χ1) is 14.0. The van der Waals surface area contributed by atoms with E-state index in [0.717, 1.165) is 0 Å². The molecule has 9 heteroatoms. The monoisotopic (exact) mass is 460 g/mol. The molecule has 4 nitrogen and oxygen atoms in total. The van der Waals surface area contributed by atoms with Gasteiger partial charge in [-0.05, 0) is 48.7 Å². The quantitative estimate of drug-likeness (QED) is 0.618. The van der Waals surface area contributed by atoms with Gasteiger partial charge in [-0.3, -0.25) is 14.7 Å². The Hall–Kier alpha value is -1.83. The zero-order chi connectivity index (χ0) is 22.1. The highest BCUT2D eigenvalue weighted by atomic mass is 35.5. The molecule has 0 aliphatic carbocycles. The lowest BCUT2D eigenvalue weighted by Crippen LogP contribution is -2.24. The fraction of sp³-hybridized carbons (Fsp3) is 0.429. The molecule has 2 aromatic rings. The van der Waals surface area contributed by atoms with Crippen molar-refractivity contribution in [3.05, 3.63) is 62.9 Å². The Morgan fingerprint density at radius 2 is 2.03 bits per heavy atom. The number of hydrogen-bond acceptors (Lipinski definition) is 3. The summed E-state index contributed by atoms with van der Waals surface area (Å²) in [5, 5.41) is 9.90. The van der Waals surface area contributed by atoms with Crippen LogP contribution in [-0.4, -0.2) is 40.2 Å². The van der Waals surface area contributed by atoms with Gasteiger partial charge in [-0.15, -0.1) is 0 Å². The van der Waals surface area contributed by atoms with Crippen LogP contribution in [0.25, 0.3) is 0 Å². The van der Waals surface area contributed by atoms with Gasteiger partial charge in [0.05, 0.1) is 16.9 Å². The third-order valence-corrected chi connectivity index (χ3v) is 6.16. The number of halogens is 5. The number of benzene rings is 1. The number of hydrogen-bond donors (Lipinski definition) is 1. The van der Waals surface area contributed by atoms with Crippen molar-refractivity contribution in [3.8, 4) is 0 Å². The summed E-state index contributed by atoms with van der Waals surface area (Å²) in [5.74, 6) is -3.00. The van der Waals surface area contributed by atoms with Crippen molar-refractivity contribution < 1.29 is 23.1 Å². The van der Waals surface area contributed by atoms with E-state index in [-0.39, 0.29) is 17.7 Å². The number of nitrogens with zero attached hydrogens (tertiary/aromatic N) is 2. The van der Waals surface area contributed by atoms with Crippen LogP contribution < -0.4 is 0 Å². The number of pyridine rings is 1. The third-order valence-electron chi connectivity index (χ3n) is 5.40. The highest BCUT2D eigenvalue weighted by Crippen LogP contribution is 2.38. The molecule has 0 amide bonds. The molecule has 2 heterocycles. The molecular formula is C21H21Cl2F3N2O2. The molecule has 0 spiro atoms. The Balaban J connectivity index is 1.81. The number of carboxylic acids is 1. The Morgan fingerprint density at radius 1 is 1.30 bits per heavy atom. The standard InChI is InChI=1S/C21H21Cl2F3N2O2/c1-12-6-13(2-3-18(12)22)17(21(24,25)26)8-16-7-15(19(23)9-27-16)11-28-5-4-14(10-28)20(29)30/h2-3,6-7,9,14,17H,4-5,8,10-11H2,1H3,(H,29,30)/t14-,17+/m1/s1. The predicted molar refractivity (Wildman–Crippen MR) is 109 cm³/mol. The summed E-state index contributed by atoms with van der Waals surface area (Å²) in [7, 11) is 0. The fourth-order valence-corrected chi connectivity index (χ4v) is 3.98. The molecule has 0 unspecified atom stereocenters. The lowest BCUT2D eigenvalue weighted by molar-refractivity contribution is -0.150. The molecular weight excluding hydrogens is 440 g/mol. The predicted octanol–water partition coefficient (Wildman–Crippen LogP) is 5.49. The zero-order valence-corrected chi connectivity index (χ0v) is 17.7. The fourth-order valence-electron chi connectivity index (χ4n) is 3.70. The van der Waals surface area contributed by atoms with Gasteiger partial charge in [0.25, 0.3) is 0 Å². The molecule has 1 N–H and O–H groups in total. The van der Waals surface area contributed by atoms with Crippen LogP contribution in [0.1, 0.15) is 34.7 Å². The Bertz CT molecular complexity index is 937. The van der Waals surface area contributed by atoms with E-state index in [2.05, 4.69) is 4.98 Å². The molecule has 1 fully saturated rings. The van der Waals surface area contributed by atoms with Crippen LogP contribution in [-0.2, 0) is 17.8 Å². The van der Waals surface area contributed by atoms with E-state index >= 15 is 0 Å². The highest BCUT2D eigenvalue weighted by molar-refractivity contribution is 6.31. The average Bonchev–Trinajstić information content (AvgIpc) is 3.12. The van der Waals surface area contributed by atoms with Crippen molar-refractivity contribution in [1.29, 1.82) is 0 Å². The van der Waals surface area contributed by atoms with Gasteiger partial charge in [0, 0.05) is 36.4 Å². The topological polar surface area (TPSA) is 53.4 Å². The van der Waals surface area contributed by atoms with Gasteiger partial charge in [-0.2, -0.15) is 13.2 Å². The Kier molecular flexibility index (Phi) is 6.95. The summed E-state index contributed by atoms with van der Waals surface area (Å²) in [6.07, 6.45) is -2.88. The first kappa shape index (κ1) is 22.8. The summed E-state index contributed by atoms with van der Waals surface area (Å²) in [5.41, 5.74) is 1.63. The second kappa shape index (κ2) is 9.12. The van der Waals surface area contributed by atoms with Crippen LogP contribution in [0.5, 0.6) is 0 Å². The largest absolute Gasteiger partial charge is 0.481 e. The minimum atomic E-state index is -4.45. The highest BCUT2D eigenvalue weighted by Gasteiger charge is 2.41. The molecule has 162 valence electrons. The van der Waals surface area contributed by atoms with E-state index in [0.29, 0.717) is 47.2 Å². The molecule has 3 rings (SSSR count). The van der Waals surface area contributed by atoms with Gasteiger partial charge in [0.15, 0.2) is 0 Å². The van der Waals surface area contributed by atoms with Crippen molar-refractivity contribution >= 4 is 29.2 Å². The van der Waals surface area contributed by atoms with E-state index in [4.69, 9.17) is 28.3 Å². The second-order valence-electron chi connectivity index (χ2n) is 7.63. The van der Waals surface area contributed by atoms with E-state index in [9.17, 15) is 18.0 Å². The third kappa shape index (κ3) is 5.45. The first-order valence-corrected chi connectivity index (χ1v) is 10.2. The maximum Gasteiger partial charge on any atom is 0.396 e. The number of aliphatic carboxylic acids is 1. The number of rotatable bonds is 6. The SMILES string of the molecule is Cc1cc([C@H](Cc2cc(CN3CC[C@@H](C(=O)O)C3)c(Cl)cn2)C(F)(F)F)ccc1Cl. The summed E-state index contributed by atoms with van der Waals surface area (Å²) in [6.45, 7) is 3.02. The number of likely N-dealkylation sites (tertiary alicyclic amines) is 1. The lowest BCUT2D eigenvalue weighted by Gasteiger charge is -2.22. The second-order valence-corrected chi connectivity index (χ2v) is 8.45. The smallest absolute Gasteiger partial charge is 0.396 e. The van der Waals surface area contributed by atoms with Crippen LogP contribution in [0, 0.1) is 12.8 Å². The number of carboxylic acid groups (broad SMARTS) is 1. The summed E-state index contributed by atoms with van der Waals surface area (Å²) < 4.78 is 41.4. The van der Waals surface area contributed by atoms with Gasteiger partial charge in [0.1, 0.15) is 0 Å². The molecule has 30 heavy (non-hydrogen) atoms. The molecule has 1 aliphatic heterocycles. The van der Waals surface area contributed by atoms with Crippen LogP contribution in [0.3, 0.4) is 0 Å². The van der Waals surface area contributed by atoms with Crippen LogP contribution in [0.4, 0.5) is 13.2 Å².